The molecule has 0 heterocycles. The van der Waals surface area contributed by atoms with Crippen molar-refractivity contribution in [2.45, 2.75) is 37.1 Å². The van der Waals surface area contributed by atoms with Gasteiger partial charge >= 0.3 is 0 Å². The Morgan fingerprint density at radius 3 is 2.24 bits per heavy atom. The normalized spacial score (nSPS) is 18.4. The molecule has 0 radical (unpaired) electrons. The zero-order valence-electron chi connectivity index (χ0n) is 12.6. The Hall–Kier alpha value is -1.80. The number of benzene rings is 2. The van der Waals surface area contributed by atoms with E-state index in [9.17, 15) is 0 Å². The fraction of sp³-hybridized carbons (Fsp3) is 0.368. The lowest BCUT2D eigenvalue weighted by atomic mass is 9.70. The van der Waals surface area contributed by atoms with Crippen molar-refractivity contribution in [3.05, 3.63) is 65.7 Å². The van der Waals surface area contributed by atoms with Crippen molar-refractivity contribution in [2.24, 2.45) is 5.73 Å². The van der Waals surface area contributed by atoms with Crippen LogP contribution < -0.4 is 10.5 Å². The third-order valence-corrected chi connectivity index (χ3v) is 4.91. The van der Waals surface area contributed by atoms with Crippen molar-refractivity contribution < 1.29 is 4.74 Å². The van der Waals surface area contributed by atoms with Gasteiger partial charge in [0.2, 0.25) is 0 Å². The zero-order valence-corrected chi connectivity index (χ0v) is 12.6. The summed E-state index contributed by atoms with van der Waals surface area (Å²) < 4.78 is 5.53. The third-order valence-electron chi connectivity index (χ3n) is 4.91. The van der Waals surface area contributed by atoms with Crippen molar-refractivity contribution in [2.75, 3.05) is 7.11 Å². The van der Waals surface area contributed by atoms with Crippen LogP contribution in [0.25, 0.3) is 0 Å². The zero-order chi connectivity index (χ0) is 14.7. The Morgan fingerprint density at radius 1 is 0.952 bits per heavy atom. The standard InChI is InChI=1S/C19H23NO/c1-21-17-12-6-5-11-16(17)18(20)19(13-7-8-14-19)15-9-3-2-4-10-15/h2-6,9-12,18H,7-8,13-14,20H2,1H3. The van der Waals surface area contributed by atoms with Crippen LogP contribution in [0.4, 0.5) is 0 Å². The molecule has 1 fully saturated rings. The number of nitrogens with two attached hydrogens (primary N) is 1. The molecule has 21 heavy (non-hydrogen) atoms. The van der Waals surface area contributed by atoms with Gasteiger partial charge in [-0.05, 0) is 24.5 Å². The minimum absolute atomic E-state index is 0.0291. The van der Waals surface area contributed by atoms with E-state index in [1.807, 2.05) is 18.2 Å². The van der Waals surface area contributed by atoms with E-state index in [0.717, 1.165) is 24.2 Å². The average molecular weight is 281 g/mol. The molecule has 2 nitrogen and oxygen atoms in total. The summed E-state index contributed by atoms with van der Waals surface area (Å²) >= 11 is 0. The van der Waals surface area contributed by atoms with Gasteiger partial charge in [-0.15, -0.1) is 0 Å². The third kappa shape index (κ3) is 2.44. The summed E-state index contributed by atoms with van der Waals surface area (Å²) in [6.45, 7) is 0. The lowest BCUT2D eigenvalue weighted by Gasteiger charge is -2.37. The molecule has 1 aliphatic rings. The molecule has 0 aliphatic heterocycles. The highest BCUT2D eigenvalue weighted by atomic mass is 16.5. The minimum Gasteiger partial charge on any atom is -0.496 e. The molecule has 2 N–H and O–H groups in total. The first-order valence-corrected chi connectivity index (χ1v) is 7.72. The number of ether oxygens (including phenoxy) is 1. The molecule has 2 aromatic carbocycles. The van der Waals surface area contributed by atoms with Crippen LogP contribution >= 0.6 is 0 Å². The Labute approximate surface area is 126 Å². The maximum Gasteiger partial charge on any atom is 0.123 e. The Kier molecular flexibility index (Phi) is 3.98. The summed E-state index contributed by atoms with van der Waals surface area (Å²) in [7, 11) is 1.72. The van der Waals surface area contributed by atoms with E-state index >= 15 is 0 Å². The lowest BCUT2D eigenvalue weighted by Crippen LogP contribution is -2.36. The average Bonchev–Trinajstić information content (AvgIpc) is 3.06. The molecule has 0 amide bonds. The smallest absolute Gasteiger partial charge is 0.123 e. The van der Waals surface area contributed by atoms with Crippen LogP contribution in [0, 0.1) is 0 Å². The van der Waals surface area contributed by atoms with E-state index < -0.39 is 0 Å². The van der Waals surface area contributed by atoms with Crippen LogP contribution in [0.5, 0.6) is 5.75 Å². The summed E-state index contributed by atoms with van der Waals surface area (Å²) in [5.41, 5.74) is 9.28. The quantitative estimate of drug-likeness (QED) is 0.911. The molecule has 2 aromatic rings. The van der Waals surface area contributed by atoms with Gasteiger partial charge in [0.1, 0.15) is 5.75 Å². The van der Waals surface area contributed by atoms with E-state index in [0.29, 0.717) is 0 Å². The fourth-order valence-electron chi connectivity index (χ4n) is 3.78. The van der Waals surface area contributed by atoms with Crippen LogP contribution in [-0.2, 0) is 5.41 Å². The van der Waals surface area contributed by atoms with Crippen LogP contribution in [0.3, 0.4) is 0 Å². The van der Waals surface area contributed by atoms with Gasteiger partial charge < -0.3 is 10.5 Å². The second-order valence-corrected chi connectivity index (χ2v) is 5.95. The van der Waals surface area contributed by atoms with E-state index in [-0.39, 0.29) is 11.5 Å². The highest BCUT2D eigenvalue weighted by molar-refractivity contribution is 5.41. The maximum atomic E-state index is 6.76. The first-order chi connectivity index (χ1) is 10.3. The van der Waals surface area contributed by atoms with Crippen molar-refractivity contribution in [1.29, 1.82) is 0 Å². The van der Waals surface area contributed by atoms with Gasteiger partial charge in [-0.25, -0.2) is 0 Å². The molecule has 0 bridgehead atoms. The summed E-state index contributed by atoms with van der Waals surface area (Å²) in [5.74, 6) is 0.896. The lowest BCUT2D eigenvalue weighted by molar-refractivity contribution is 0.339. The monoisotopic (exact) mass is 281 g/mol. The van der Waals surface area contributed by atoms with Gasteiger partial charge in [-0.1, -0.05) is 61.4 Å². The fourth-order valence-corrected chi connectivity index (χ4v) is 3.78. The van der Waals surface area contributed by atoms with Crippen LogP contribution in [0.1, 0.15) is 42.9 Å². The first kappa shape index (κ1) is 14.2. The summed E-state index contributed by atoms with van der Waals surface area (Å²) in [4.78, 5) is 0. The van der Waals surface area contributed by atoms with Gasteiger partial charge in [0.25, 0.3) is 0 Å². The van der Waals surface area contributed by atoms with Gasteiger partial charge in [0, 0.05) is 17.0 Å². The first-order valence-electron chi connectivity index (χ1n) is 7.72. The van der Waals surface area contributed by atoms with Crippen LogP contribution in [-0.4, -0.2) is 7.11 Å². The van der Waals surface area contributed by atoms with E-state index in [2.05, 4.69) is 36.4 Å². The van der Waals surface area contributed by atoms with Crippen molar-refractivity contribution in [3.63, 3.8) is 0 Å². The highest BCUT2D eigenvalue weighted by Gasteiger charge is 2.42. The maximum absolute atomic E-state index is 6.76. The number of methoxy groups -OCH3 is 1. The molecule has 2 heteroatoms. The molecule has 0 saturated heterocycles. The largest absolute Gasteiger partial charge is 0.496 e. The van der Waals surface area contributed by atoms with Crippen molar-refractivity contribution in [1.82, 2.24) is 0 Å². The number of hydrogen-bond acceptors (Lipinski definition) is 2. The van der Waals surface area contributed by atoms with E-state index in [1.54, 1.807) is 7.11 Å². The Bertz CT molecular complexity index is 588. The second kappa shape index (κ2) is 5.90. The van der Waals surface area contributed by atoms with Gasteiger partial charge in [-0.2, -0.15) is 0 Å². The summed E-state index contributed by atoms with van der Waals surface area (Å²) in [5, 5.41) is 0. The van der Waals surface area contributed by atoms with E-state index in [1.165, 1.54) is 18.4 Å². The van der Waals surface area contributed by atoms with Gasteiger partial charge in [-0.3, -0.25) is 0 Å². The molecule has 0 aromatic heterocycles. The molecular weight excluding hydrogens is 258 g/mol. The number of rotatable bonds is 4. The molecule has 1 saturated carbocycles. The molecule has 3 rings (SSSR count). The van der Waals surface area contributed by atoms with Crippen LogP contribution in [0.15, 0.2) is 54.6 Å². The SMILES string of the molecule is COc1ccccc1C(N)C1(c2ccccc2)CCCC1. The topological polar surface area (TPSA) is 35.2 Å². The molecule has 1 atom stereocenters. The van der Waals surface area contributed by atoms with Crippen molar-refractivity contribution >= 4 is 0 Å². The number of para-hydroxylation sites is 1. The van der Waals surface area contributed by atoms with Crippen molar-refractivity contribution in [3.8, 4) is 5.75 Å². The Balaban J connectivity index is 2.06. The second-order valence-electron chi connectivity index (χ2n) is 5.95. The van der Waals surface area contributed by atoms with Crippen LogP contribution in [0.2, 0.25) is 0 Å². The molecule has 110 valence electrons. The molecule has 0 spiro atoms. The highest BCUT2D eigenvalue weighted by Crippen LogP contribution is 2.49. The predicted octanol–water partition coefficient (Wildman–Crippen LogP) is 4.21. The Morgan fingerprint density at radius 2 is 1.57 bits per heavy atom. The number of hydrogen-bond donors (Lipinski definition) is 1. The summed E-state index contributed by atoms with van der Waals surface area (Å²) in [6.07, 6.45) is 4.79. The molecular formula is C19H23NO. The predicted molar refractivity (Wildman–Crippen MR) is 86.5 cm³/mol. The van der Waals surface area contributed by atoms with E-state index in [4.69, 9.17) is 10.5 Å². The molecule has 1 unspecified atom stereocenters. The minimum atomic E-state index is -0.0291. The van der Waals surface area contributed by atoms with Gasteiger partial charge in [0.05, 0.1) is 7.11 Å². The summed E-state index contributed by atoms with van der Waals surface area (Å²) in [6, 6.07) is 18.9. The van der Waals surface area contributed by atoms with Gasteiger partial charge in [0.15, 0.2) is 0 Å². The molecule has 1 aliphatic carbocycles.